The van der Waals surface area contributed by atoms with Crippen molar-refractivity contribution in [1.29, 1.82) is 0 Å². The van der Waals surface area contributed by atoms with Crippen molar-refractivity contribution in [3.8, 4) is 0 Å². The smallest absolute Gasteiger partial charge is 0.266 e. The molecule has 1 saturated heterocycles. The molecule has 7 heteroatoms. The summed E-state index contributed by atoms with van der Waals surface area (Å²) in [4.78, 5) is 41.3. The third-order valence-corrected chi connectivity index (χ3v) is 5.83. The molecule has 0 aromatic heterocycles. The molecule has 0 aliphatic carbocycles. The van der Waals surface area contributed by atoms with Crippen LogP contribution in [0.1, 0.15) is 10.4 Å². The molecule has 2 amide bonds. The summed E-state index contributed by atoms with van der Waals surface area (Å²) in [5.74, 6) is -1.24. The van der Waals surface area contributed by atoms with Crippen LogP contribution in [-0.4, -0.2) is 23.6 Å². The minimum atomic E-state index is -0.929. The fourth-order valence-electron chi connectivity index (χ4n) is 3.86. The number of anilines is 2. The Hall–Kier alpha value is -3.71. The first-order chi connectivity index (χ1) is 15.1. The summed E-state index contributed by atoms with van der Waals surface area (Å²) in [7, 11) is 0. The van der Waals surface area contributed by atoms with E-state index in [0.29, 0.717) is 16.9 Å². The molecule has 6 nitrogen and oxygen atoms in total. The average Bonchev–Trinajstić information content (AvgIpc) is 3.32. The van der Waals surface area contributed by atoms with E-state index in [1.807, 2.05) is 36.4 Å². The van der Waals surface area contributed by atoms with E-state index >= 15 is 0 Å². The predicted molar refractivity (Wildman–Crippen MR) is 120 cm³/mol. The molecule has 3 aromatic rings. The molecule has 1 fully saturated rings. The minimum Gasteiger partial charge on any atom is -0.293 e. The Labute approximate surface area is 186 Å². The maximum atomic E-state index is 13.4. The van der Waals surface area contributed by atoms with Crippen LogP contribution in [0.25, 0.3) is 0 Å². The quantitative estimate of drug-likeness (QED) is 0.460. The van der Waals surface area contributed by atoms with Gasteiger partial charge in [-0.3, -0.25) is 24.8 Å². The van der Waals surface area contributed by atoms with Gasteiger partial charge in [0, 0.05) is 10.0 Å². The number of hydrogen-bond acceptors (Lipinski definition) is 5. The monoisotopic (exact) mass is 473 g/mol. The van der Waals surface area contributed by atoms with Crippen LogP contribution in [0.5, 0.6) is 0 Å². The molecule has 2 aliphatic rings. The van der Waals surface area contributed by atoms with Crippen molar-refractivity contribution in [2.24, 2.45) is 0 Å². The van der Waals surface area contributed by atoms with Gasteiger partial charge in [-0.25, -0.2) is 4.90 Å². The van der Waals surface area contributed by atoms with E-state index in [1.165, 1.54) is 0 Å². The minimum absolute atomic E-state index is 0.123. The lowest BCUT2D eigenvalue weighted by Gasteiger charge is -2.26. The molecule has 5 rings (SSSR count). The summed E-state index contributed by atoms with van der Waals surface area (Å²) in [6, 6.07) is 23.9. The molecular formula is C24H16BrN3O3. The maximum absolute atomic E-state index is 13.4. The molecule has 0 radical (unpaired) electrons. The largest absolute Gasteiger partial charge is 0.293 e. The number of allylic oxidation sites excluding steroid dienone is 1. The van der Waals surface area contributed by atoms with Crippen LogP contribution < -0.4 is 15.3 Å². The van der Waals surface area contributed by atoms with E-state index in [1.54, 1.807) is 53.5 Å². The Morgan fingerprint density at radius 1 is 0.806 bits per heavy atom. The molecule has 1 N–H and O–H groups in total. The van der Waals surface area contributed by atoms with E-state index in [0.717, 1.165) is 9.37 Å². The van der Waals surface area contributed by atoms with Crippen LogP contribution in [0, 0.1) is 0 Å². The SMILES string of the molecule is O=C(C1=C2C(=O)N(c3ccc(Br)cc3)C(=O)C2N(c2ccccc2)N1)c1ccccc1. The highest BCUT2D eigenvalue weighted by Gasteiger charge is 2.54. The normalized spacial score (nSPS) is 17.8. The van der Waals surface area contributed by atoms with Gasteiger partial charge in [0.1, 0.15) is 5.70 Å². The number of carbonyl (C=O) groups is 3. The number of Topliss-reactive ketones (excluding diaryl/α,β-unsaturated/α-hetero) is 1. The Bertz CT molecular complexity index is 1220. The third kappa shape index (κ3) is 3.14. The summed E-state index contributed by atoms with van der Waals surface area (Å²) in [6.45, 7) is 0. The second-order valence-corrected chi connectivity index (χ2v) is 8.07. The summed E-state index contributed by atoms with van der Waals surface area (Å²) in [5, 5.41) is 1.59. The number of benzene rings is 3. The molecule has 1 atom stereocenters. The van der Waals surface area contributed by atoms with Crippen LogP contribution in [0.4, 0.5) is 11.4 Å². The number of rotatable bonds is 4. The summed E-state index contributed by atoms with van der Waals surface area (Å²) in [5.41, 5.74) is 4.89. The fourth-order valence-corrected chi connectivity index (χ4v) is 4.12. The molecule has 0 spiro atoms. The second kappa shape index (κ2) is 7.52. The van der Waals surface area contributed by atoms with Crippen molar-refractivity contribution in [3.05, 3.63) is 106 Å². The molecule has 31 heavy (non-hydrogen) atoms. The summed E-state index contributed by atoms with van der Waals surface area (Å²) < 4.78 is 0.835. The highest BCUT2D eigenvalue weighted by molar-refractivity contribution is 9.10. The highest BCUT2D eigenvalue weighted by Crippen LogP contribution is 2.37. The van der Waals surface area contributed by atoms with E-state index in [9.17, 15) is 14.4 Å². The maximum Gasteiger partial charge on any atom is 0.266 e. The van der Waals surface area contributed by atoms with Gasteiger partial charge in [0.05, 0.1) is 16.9 Å². The van der Waals surface area contributed by atoms with Gasteiger partial charge < -0.3 is 0 Å². The second-order valence-electron chi connectivity index (χ2n) is 7.16. The zero-order chi connectivity index (χ0) is 21.5. The van der Waals surface area contributed by atoms with E-state index < -0.39 is 17.9 Å². The van der Waals surface area contributed by atoms with Crippen LogP contribution in [0.3, 0.4) is 0 Å². The van der Waals surface area contributed by atoms with E-state index in [-0.39, 0.29) is 17.1 Å². The van der Waals surface area contributed by atoms with Crippen LogP contribution in [-0.2, 0) is 9.59 Å². The number of para-hydroxylation sites is 1. The predicted octanol–water partition coefficient (Wildman–Crippen LogP) is 3.85. The summed E-state index contributed by atoms with van der Waals surface area (Å²) in [6.07, 6.45) is 0. The lowest BCUT2D eigenvalue weighted by atomic mass is 10.0. The molecule has 3 aromatic carbocycles. The number of nitrogens with zero attached hydrogens (tertiary/aromatic N) is 2. The van der Waals surface area contributed by atoms with Crippen molar-refractivity contribution in [2.75, 3.05) is 9.91 Å². The van der Waals surface area contributed by atoms with Crippen molar-refractivity contribution in [3.63, 3.8) is 0 Å². The van der Waals surface area contributed by atoms with Crippen molar-refractivity contribution in [2.45, 2.75) is 6.04 Å². The van der Waals surface area contributed by atoms with Crippen molar-refractivity contribution < 1.29 is 14.4 Å². The Kier molecular flexibility index (Phi) is 4.67. The first-order valence-electron chi connectivity index (χ1n) is 9.65. The van der Waals surface area contributed by atoms with Gasteiger partial charge in [-0.1, -0.05) is 64.5 Å². The number of imide groups is 1. The fraction of sp³-hybridized carbons (Fsp3) is 0.0417. The van der Waals surface area contributed by atoms with Gasteiger partial charge in [-0.15, -0.1) is 0 Å². The van der Waals surface area contributed by atoms with Gasteiger partial charge >= 0.3 is 0 Å². The third-order valence-electron chi connectivity index (χ3n) is 5.30. The number of hydrazine groups is 1. The van der Waals surface area contributed by atoms with Crippen LogP contribution in [0.2, 0.25) is 0 Å². The van der Waals surface area contributed by atoms with Crippen molar-refractivity contribution in [1.82, 2.24) is 5.43 Å². The number of hydrogen-bond donors (Lipinski definition) is 1. The Morgan fingerprint density at radius 2 is 1.42 bits per heavy atom. The first-order valence-corrected chi connectivity index (χ1v) is 10.4. The van der Waals surface area contributed by atoms with Gasteiger partial charge in [0.25, 0.3) is 11.8 Å². The molecular weight excluding hydrogens is 458 g/mol. The standard InChI is InChI=1S/C24H16BrN3O3/c25-16-11-13-17(14-12-16)27-23(30)19-20(22(29)15-7-3-1-4-8-15)26-28(21(19)24(27)31)18-9-5-2-6-10-18/h1-14,21,26H. The zero-order valence-corrected chi connectivity index (χ0v) is 17.7. The molecule has 1 unspecified atom stereocenters. The first kappa shape index (κ1) is 19.3. The Morgan fingerprint density at radius 3 is 2.06 bits per heavy atom. The molecule has 152 valence electrons. The lowest BCUT2D eigenvalue weighted by Crippen LogP contribution is -2.46. The highest BCUT2D eigenvalue weighted by atomic mass is 79.9. The Balaban J connectivity index is 1.64. The van der Waals surface area contributed by atoms with Gasteiger partial charge in [-0.05, 0) is 36.4 Å². The van der Waals surface area contributed by atoms with Crippen molar-refractivity contribution >= 4 is 44.9 Å². The average molecular weight is 474 g/mol. The number of ketones is 1. The zero-order valence-electron chi connectivity index (χ0n) is 16.2. The molecule has 2 heterocycles. The number of fused-ring (bicyclic) bond motifs is 1. The number of amides is 2. The van der Waals surface area contributed by atoms with Gasteiger partial charge in [0.15, 0.2) is 6.04 Å². The molecule has 0 saturated carbocycles. The van der Waals surface area contributed by atoms with Gasteiger partial charge in [-0.2, -0.15) is 0 Å². The van der Waals surface area contributed by atoms with Crippen LogP contribution >= 0.6 is 15.9 Å². The number of carbonyl (C=O) groups excluding carboxylic acids is 3. The van der Waals surface area contributed by atoms with Gasteiger partial charge in [0.2, 0.25) is 5.78 Å². The van der Waals surface area contributed by atoms with E-state index in [2.05, 4.69) is 21.4 Å². The lowest BCUT2D eigenvalue weighted by molar-refractivity contribution is -0.121. The number of halogens is 1. The molecule has 0 bridgehead atoms. The van der Waals surface area contributed by atoms with Crippen LogP contribution in [0.15, 0.2) is 101 Å². The summed E-state index contributed by atoms with van der Waals surface area (Å²) >= 11 is 3.37. The molecule has 2 aliphatic heterocycles. The topological polar surface area (TPSA) is 69.7 Å². The van der Waals surface area contributed by atoms with E-state index in [4.69, 9.17) is 0 Å². The number of nitrogens with one attached hydrogen (secondary N) is 1.